The maximum Gasteiger partial charge on any atom is 1.00 e. The molecule has 3 aromatic rings. The number of hydrogen-bond acceptors (Lipinski definition) is 6. The van der Waals surface area contributed by atoms with Crippen LogP contribution in [0.15, 0.2) is 54.6 Å². The summed E-state index contributed by atoms with van der Waals surface area (Å²) in [5, 5.41) is 19.6. The van der Waals surface area contributed by atoms with E-state index in [2.05, 4.69) is 6.92 Å². The van der Waals surface area contributed by atoms with Crippen LogP contribution in [0.4, 0.5) is 0 Å². The van der Waals surface area contributed by atoms with Crippen molar-refractivity contribution in [3.05, 3.63) is 76.9 Å². The van der Waals surface area contributed by atoms with Crippen LogP contribution in [0.1, 0.15) is 68.3 Å². The Kier molecular flexibility index (Phi) is 15.1. The first-order chi connectivity index (χ1) is 17.3. The maximum absolute atomic E-state index is 11.7. The molecule has 0 bridgehead atoms. The van der Waals surface area contributed by atoms with Crippen LogP contribution in [-0.2, 0) is 12.8 Å². The molecule has 0 fully saturated rings. The molecule has 3 rings (SSSR count). The average molecular weight is 541 g/mol. The molecule has 0 atom stereocenters. The fourth-order valence-corrected chi connectivity index (χ4v) is 3.85. The van der Waals surface area contributed by atoms with Gasteiger partial charge < -0.3 is 27.3 Å². The first-order valence-electron chi connectivity index (χ1n) is 12.1. The van der Waals surface area contributed by atoms with Crippen molar-refractivity contribution < 1.29 is 96.0 Å². The topological polar surface area (TPSA) is 102 Å². The number of aromatic carboxylic acids is 1. The van der Waals surface area contributed by atoms with Gasteiger partial charge in [0.25, 0.3) is 0 Å². The Hall–Kier alpha value is -2.00. The number of carboxylic acid groups (broad SMARTS) is 1. The Morgan fingerprint density at radius 1 is 0.842 bits per heavy atom. The smallest absolute Gasteiger partial charge is 1.00 e. The molecule has 2 N–H and O–H groups in total. The van der Waals surface area contributed by atoms with E-state index >= 15 is 0 Å². The summed E-state index contributed by atoms with van der Waals surface area (Å²) in [6.45, 7) is 6.20. The van der Waals surface area contributed by atoms with Gasteiger partial charge in [0.15, 0.2) is 5.78 Å². The number of benzene rings is 3. The molecule has 0 aliphatic carbocycles. The fraction of sp³-hybridized carbons (Fsp3) is 0.310. The first kappa shape index (κ1) is 34.0. The van der Waals surface area contributed by atoms with E-state index in [-0.39, 0.29) is 84.8 Å². The molecule has 3 aromatic carbocycles. The molecule has 0 aliphatic rings. The van der Waals surface area contributed by atoms with Gasteiger partial charge in [-0.15, -0.1) is 0 Å². The van der Waals surface area contributed by atoms with Crippen molar-refractivity contribution in [1.82, 2.24) is 0 Å². The third-order valence-corrected chi connectivity index (χ3v) is 5.67. The standard InChI is InChI=1S/C29H32O7.2Na.2H/c1-4-10-21-25(13-8-14-26(21)36-27-12-7-6-11-22(27)29(32)33)34-15-9-16-35-28-18-24(31)23(19(3)30)17-20(28)5-2;;;;/h6-8,11-14,17-18,31H,4-5,9-10,15-16H2,1-3H3,(H,32,33);;;;/q;2*+1;2*-1. The van der Waals surface area contributed by atoms with Gasteiger partial charge in [0, 0.05) is 18.1 Å². The minimum Gasteiger partial charge on any atom is -1.00 e. The Balaban J connectivity index is 0. The van der Waals surface area contributed by atoms with E-state index in [4.69, 9.17) is 14.2 Å². The van der Waals surface area contributed by atoms with Gasteiger partial charge in [0.2, 0.25) is 0 Å². The summed E-state index contributed by atoms with van der Waals surface area (Å²) in [5.74, 6) is 0.746. The van der Waals surface area contributed by atoms with Gasteiger partial charge in [-0.3, -0.25) is 4.79 Å². The van der Waals surface area contributed by atoms with Gasteiger partial charge in [-0.1, -0.05) is 38.5 Å². The molecule has 194 valence electrons. The molecule has 0 amide bonds. The molecule has 0 radical (unpaired) electrons. The van der Waals surface area contributed by atoms with Gasteiger partial charge in [-0.05, 0) is 55.7 Å². The third-order valence-electron chi connectivity index (χ3n) is 5.67. The van der Waals surface area contributed by atoms with Crippen LogP contribution in [0.25, 0.3) is 0 Å². The third kappa shape index (κ3) is 9.04. The number of ether oxygens (including phenoxy) is 3. The summed E-state index contributed by atoms with van der Waals surface area (Å²) in [7, 11) is 0. The summed E-state index contributed by atoms with van der Waals surface area (Å²) in [6, 6.07) is 15.2. The van der Waals surface area contributed by atoms with Crippen molar-refractivity contribution in [2.75, 3.05) is 13.2 Å². The second-order valence-corrected chi connectivity index (χ2v) is 8.32. The summed E-state index contributed by atoms with van der Waals surface area (Å²) in [6.07, 6.45) is 2.83. The summed E-state index contributed by atoms with van der Waals surface area (Å²) in [5.41, 5.74) is 2.12. The van der Waals surface area contributed by atoms with Crippen LogP contribution in [0.3, 0.4) is 0 Å². The minimum atomic E-state index is -1.05. The van der Waals surface area contributed by atoms with Gasteiger partial charge in [0.05, 0.1) is 18.8 Å². The molecule has 38 heavy (non-hydrogen) atoms. The molecule has 0 aromatic heterocycles. The zero-order valence-corrected chi connectivity index (χ0v) is 26.9. The van der Waals surface area contributed by atoms with Crippen LogP contribution in [0, 0.1) is 0 Å². The molecule has 0 heterocycles. The number of rotatable bonds is 13. The van der Waals surface area contributed by atoms with Crippen molar-refractivity contribution in [3.8, 4) is 28.7 Å². The van der Waals surface area contributed by atoms with E-state index in [0.717, 1.165) is 17.5 Å². The van der Waals surface area contributed by atoms with Gasteiger partial charge in [-0.2, -0.15) is 0 Å². The largest absolute Gasteiger partial charge is 1.00 e. The molecule has 0 saturated heterocycles. The van der Waals surface area contributed by atoms with Gasteiger partial charge in [0.1, 0.15) is 34.3 Å². The molecular weight excluding hydrogens is 506 g/mol. The molecule has 0 unspecified atom stereocenters. The van der Waals surface area contributed by atoms with Crippen molar-refractivity contribution in [1.29, 1.82) is 0 Å². The summed E-state index contributed by atoms with van der Waals surface area (Å²) >= 11 is 0. The van der Waals surface area contributed by atoms with E-state index < -0.39 is 5.97 Å². The van der Waals surface area contributed by atoms with Gasteiger partial charge in [-0.25, -0.2) is 4.79 Å². The predicted octanol–water partition coefficient (Wildman–Crippen LogP) is 0.681. The minimum absolute atomic E-state index is 0. The van der Waals surface area contributed by atoms with E-state index in [1.54, 1.807) is 24.3 Å². The van der Waals surface area contributed by atoms with E-state index in [1.807, 2.05) is 25.1 Å². The number of aromatic hydroxyl groups is 1. The van der Waals surface area contributed by atoms with Crippen LogP contribution in [-0.4, -0.2) is 35.2 Å². The molecule has 9 heteroatoms. The molecule has 0 saturated carbocycles. The molecule has 7 nitrogen and oxygen atoms in total. The van der Waals surface area contributed by atoms with Crippen molar-refractivity contribution >= 4 is 11.8 Å². The summed E-state index contributed by atoms with van der Waals surface area (Å²) < 4.78 is 17.9. The number of aryl methyl sites for hydroxylation is 1. The quantitative estimate of drug-likeness (QED) is 0.187. The Labute approximate surface area is 271 Å². The SMILES string of the molecule is CCCc1c(OCCCOc2cc(O)c(C(C)=O)cc2CC)cccc1Oc1ccccc1C(=O)O.[H-].[H-].[Na+].[Na+]. The molecule has 0 spiro atoms. The van der Waals surface area contributed by atoms with E-state index in [1.165, 1.54) is 19.1 Å². The second kappa shape index (κ2) is 16.9. The fourth-order valence-electron chi connectivity index (χ4n) is 3.85. The molecule has 0 aliphatic heterocycles. The number of carboxylic acids is 1. The molecular formula is C29H34Na2O7. The zero-order chi connectivity index (χ0) is 26.1. The maximum atomic E-state index is 11.7. The normalized spacial score (nSPS) is 10.1. The number of carbonyl (C=O) groups excluding carboxylic acids is 1. The number of Topliss-reactive ketones (excluding diaryl/α,β-unsaturated/α-hetero) is 1. The summed E-state index contributed by atoms with van der Waals surface area (Å²) in [4.78, 5) is 23.2. The van der Waals surface area contributed by atoms with Crippen LogP contribution in [0.2, 0.25) is 0 Å². The van der Waals surface area contributed by atoms with Crippen LogP contribution in [0.5, 0.6) is 28.7 Å². The van der Waals surface area contributed by atoms with Crippen molar-refractivity contribution in [2.24, 2.45) is 0 Å². The number of para-hydroxylation sites is 1. The monoisotopic (exact) mass is 540 g/mol. The number of phenolic OH excluding ortho intramolecular Hbond substituents is 1. The predicted molar refractivity (Wildman–Crippen MR) is 139 cm³/mol. The van der Waals surface area contributed by atoms with Crippen molar-refractivity contribution in [3.63, 3.8) is 0 Å². The van der Waals surface area contributed by atoms with Gasteiger partial charge >= 0.3 is 65.1 Å². The number of hydrogen-bond donors (Lipinski definition) is 2. The van der Waals surface area contributed by atoms with E-state index in [0.29, 0.717) is 55.3 Å². The number of ketones is 1. The Bertz CT molecular complexity index is 1240. The Morgan fingerprint density at radius 3 is 2.11 bits per heavy atom. The second-order valence-electron chi connectivity index (χ2n) is 8.32. The number of phenols is 1. The van der Waals surface area contributed by atoms with Crippen molar-refractivity contribution in [2.45, 2.75) is 46.5 Å². The Morgan fingerprint density at radius 2 is 1.47 bits per heavy atom. The zero-order valence-electron chi connectivity index (χ0n) is 24.9. The first-order valence-corrected chi connectivity index (χ1v) is 12.1. The van der Waals surface area contributed by atoms with Crippen LogP contribution < -0.4 is 73.3 Å². The number of carbonyl (C=O) groups is 2. The van der Waals surface area contributed by atoms with Crippen LogP contribution >= 0.6 is 0 Å². The average Bonchev–Trinajstić information content (AvgIpc) is 2.85. The van der Waals surface area contributed by atoms with E-state index in [9.17, 15) is 19.8 Å².